The van der Waals surface area contributed by atoms with Crippen molar-refractivity contribution in [1.82, 2.24) is 15.1 Å². The molecule has 0 aliphatic carbocycles. The minimum Gasteiger partial charge on any atom is -0.375 e. The van der Waals surface area contributed by atoms with E-state index in [2.05, 4.69) is 29.6 Å². The standard InChI is InChI=1S/C16H22N4O2.ClH/c1-10(2)20-14-8-13(5-4-12(14)9-18-20)19-16(21)15-11(3)22-7-6-17-15;/h4-5,8-11,15,17H,6-7H2,1-3H3,(H,19,21);1H/t11-,15+;/m1./s1. The highest BCUT2D eigenvalue weighted by Crippen LogP contribution is 2.22. The van der Waals surface area contributed by atoms with Gasteiger partial charge in [-0.25, -0.2) is 0 Å². The second-order valence-electron chi connectivity index (χ2n) is 5.95. The largest absolute Gasteiger partial charge is 0.375 e. The lowest BCUT2D eigenvalue weighted by atomic mass is 10.1. The number of halogens is 1. The third kappa shape index (κ3) is 3.65. The summed E-state index contributed by atoms with van der Waals surface area (Å²) in [6, 6.07) is 5.80. The summed E-state index contributed by atoms with van der Waals surface area (Å²) >= 11 is 0. The Hall–Kier alpha value is -1.63. The zero-order chi connectivity index (χ0) is 15.7. The van der Waals surface area contributed by atoms with Crippen LogP contribution in [0.4, 0.5) is 5.69 Å². The molecule has 0 bridgehead atoms. The average molecular weight is 339 g/mol. The first kappa shape index (κ1) is 17.7. The number of morpholine rings is 1. The fourth-order valence-corrected chi connectivity index (χ4v) is 2.77. The van der Waals surface area contributed by atoms with E-state index in [1.807, 2.05) is 36.0 Å². The number of carbonyl (C=O) groups excluding carboxylic acids is 1. The van der Waals surface area contributed by atoms with Crippen molar-refractivity contribution in [2.75, 3.05) is 18.5 Å². The number of hydrogen-bond acceptors (Lipinski definition) is 4. The molecule has 1 saturated heterocycles. The van der Waals surface area contributed by atoms with E-state index in [9.17, 15) is 4.79 Å². The third-order valence-electron chi connectivity index (χ3n) is 3.95. The molecule has 0 radical (unpaired) electrons. The highest BCUT2D eigenvalue weighted by molar-refractivity contribution is 5.97. The molecule has 2 N–H and O–H groups in total. The number of rotatable bonds is 3. The quantitative estimate of drug-likeness (QED) is 0.901. The van der Waals surface area contributed by atoms with Crippen molar-refractivity contribution in [3.05, 3.63) is 24.4 Å². The van der Waals surface area contributed by atoms with Gasteiger partial charge in [-0.2, -0.15) is 5.10 Å². The van der Waals surface area contributed by atoms with E-state index in [4.69, 9.17) is 4.74 Å². The molecule has 0 saturated carbocycles. The van der Waals surface area contributed by atoms with Crippen LogP contribution in [0.5, 0.6) is 0 Å². The summed E-state index contributed by atoms with van der Waals surface area (Å²) < 4.78 is 7.47. The van der Waals surface area contributed by atoms with Gasteiger partial charge in [-0.15, -0.1) is 12.4 Å². The lowest BCUT2D eigenvalue weighted by molar-refractivity contribution is -0.123. The van der Waals surface area contributed by atoms with Gasteiger partial charge in [0, 0.05) is 23.7 Å². The minimum absolute atomic E-state index is 0. The molecule has 1 aromatic carbocycles. The molecule has 2 aromatic rings. The van der Waals surface area contributed by atoms with Gasteiger partial charge in [0.2, 0.25) is 5.91 Å². The van der Waals surface area contributed by atoms with E-state index < -0.39 is 0 Å². The van der Waals surface area contributed by atoms with Gasteiger partial charge in [0.05, 0.1) is 24.4 Å². The number of nitrogens with zero attached hydrogens (tertiary/aromatic N) is 2. The molecule has 6 nitrogen and oxygen atoms in total. The van der Waals surface area contributed by atoms with Crippen LogP contribution in [0, 0.1) is 0 Å². The lowest BCUT2D eigenvalue weighted by Gasteiger charge is -2.29. The molecule has 1 aliphatic rings. The summed E-state index contributed by atoms with van der Waals surface area (Å²) in [6.45, 7) is 7.42. The van der Waals surface area contributed by atoms with Gasteiger partial charge in [-0.3, -0.25) is 9.48 Å². The van der Waals surface area contributed by atoms with Gasteiger partial charge < -0.3 is 15.4 Å². The summed E-state index contributed by atoms with van der Waals surface area (Å²) in [7, 11) is 0. The number of carbonyl (C=O) groups is 1. The van der Waals surface area contributed by atoms with Gasteiger partial charge >= 0.3 is 0 Å². The number of benzene rings is 1. The molecule has 23 heavy (non-hydrogen) atoms. The molecular weight excluding hydrogens is 316 g/mol. The second-order valence-corrected chi connectivity index (χ2v) is 5.95. The van der Waals surface area contributed by atoms with Crippen molar-refractivity contribution < 1.29 is 9.53 Å². The number of anilines is 1. The summed E-state index contributed by atoms with van der Waals surface area (Å²) in [4.78, 5) is 12.4. The van der Waals surface area contributed by atoms with Crippen molar-refractivity contribution in [3.63, 3.8) is 0 Å². The molecule has 0 unspecified atom stereocenters. The second kappa shape index (κ2) is 7.29. The van der Waals surface area contributed by atoms with Crippen molar-refractivity contribution >= 4 is 34.9 Å². The molecule has 2 atom stereocenters. The summed E-state index contributed by atoms with van der Waals surface area (Å²) in [5.41, 5.74) is 1.80. The summed E-state index contributed by atoms with van der Waals surface area (Å²) in [6.07, 6.45) is 1.72. The SMILES string of the molecule is CC(C)n1ncc2ccc(NC(=O)[C@H]3NCCO[C@@H]3C)cc21.Cl. The average Bonchev–Trinajstić information content (AvgIpc) is 2.91. The van der Waals surface area contributed by atoms with Crippen LogP contribution in [0.3, 0.4) is 0 Å². The van der Waals surface area contributed by atoms with Crippen LogP contribution in [0.15, 0.2) is 24.4 Å². The fraction of sp³-hybridized carbons (Fsp3) is 0.500. The maximum atomic E-state index is 12.4. The third-order valence-corrected chi connectivity index (χ3v) is 3.95. The Balaban J connectivity index is 0.00000192. The van der Waals surface area contributed by atoms with Crippen molar-refractivity contribution in [2.45, 2.75) is 39.0 Å². The first-order valence-electron chi connectivity index (χ1n) is 7.69. The Kier molecular flexibility index (Phi) is 5.62. The predicted octanol–water partition coefficient (Wildman–Crippen LogP) is 2.35. The van der Waals surface area contributed by atoms with Crippen molar-refractivity contribution in [2.24, 2.45) is 0 Å². The monoisotopic (exact) mass is 338 g/mol. The van der Waals surface area contributed by atoms with E-state index in [0.29, 0.717) is 13.2 Å². The fourth-order valence-electron chi connectivity index (χ4n) is 2.77. The molecule has 0 spiro atoms. The molecule has 1 aliphatic heterocycles. The van der Waals surface area contributed by atoms with Crippen LogP contribution in [0.25, 0.3) is 10.9 Å². The van der Waals surface area contributed by atoms with Gasteiger partial charge in [0.1, 0.15) is 6.04 Å². The Morgan fingerprint density at radius 3 is 2.96 bits per heavy atom. The summed E-state index contributed by atoms with van der Waals surface area (Å²) in [5, 5.41) is 11.6. The lowest BCUT2D eigenvalue weighted by Crippen LogP contribution is -2.53. The molecule has 126 valence electrons. The Morgan fingerprint density at radius 1 is 1.48 bits per heavy atom. The minimum atomic E-state index is -0.320. The van der Waals surface area contributed by atoms with Gasteiger partial charge in [-0.1, -0.05) is 0 Å². The topological polar surface area (TPSA) is 68.2 Å². The highest BCUT2D eigenvalue weighted by atomic mass is 35.5. The highest BCUT2D eigenvalue weighted by Gasteiger charge is 2.28. The zero-order valence-electron chi connectivity index (χ0n) is 13.6. The molecule has 1 fully saturated rings. The van der Waals surface area contributed by atoms with Crippen LogP contribution in [-0.2, 0) is 9.53 Å². The van der Waals surface area contributed by atoms with Gasteiger partial charge in [0.15, 0.2) is 0 Å². The number of hydrogen-bond donors (Lipinski definition) is 2. The predicted molar refractivity (Wildman–Crippen MR) is 93.2 cm³/mol. The normalized spacial score (nSPS) is 21.2. The molecule has 1 aromatic heterocycles. The Morgan fingerprint density at radius 2 is 2.26 bits per heavy atom. The van der Waals surface area contributed by atoms with E-state index in [-0.39, 0.29) is 36.5 Å². The van der Waals surface area contributed by atoms with Crippen molar-refractivity contribution in [3.8, 4) is 0 Å². The van der Waals surface area contributed by atoms with Crippen LogP contribution in [0.2, 0.25) is 0 Å². The zero-order valence-corrected chi connectivity index (χ0v) is 14.4. The van der Waals surface area contributed by atoms with Gasteiger partial charge in [0.25, 0.3) is 0 Å². The maximum absolute atomic E-state index is 12.4. The first-order valence-corrected chi connectivity index (χ1v) is 7.69. The smallest absolute Gasteiger partial charge is 0.244 e. The maximum Gasteiger partial charge on any atom is 0.244 e. The molecule has 3 rings (SSSR count). The van der Waals surface area contributed by atoms with E-state index in [1.54, 1.807) is 0 Å². The molecule has 7 heteroatoms. The first-order chi connectivity index (χ1) is 10.6. The van der Waals surface area contributed by atoms with E-state index in [0.717, 1.165) is 16.6 Å². The Labute approximate surface area is 142 Å². The molecule has 1 amide bonds. The van der Waals surface area contributed by atoms with E-state index >= 15 is 0 Å². The van der Waals surface area contributed by atoms with Crippen LogP contribution >= 0.6 is 12.4 Å². The molecule has 2 heterocycles. The number of aromatic nitrogens is 2. The molecular formula is C16H23ClN4O2. The van der Waals surface area contributed by atoms with Crippen LogP contribution in [0.1, 0.15) is 26.8 Å². The number of fused-ring (bicyclic) bond motifs is 1. The van der Waals surface area contributed by atoms with Crippen LogP contribution < -0.4 is 10.6 Å². The van der Waals surface area contributed by atoms with Crippen molar-refractivity contribution in [1.29, 1.82) is 0 Å². The van der Waals surface area contributed by atoms with E-state index in [1.165, 1.54) is 0 Å². The Bertz CT molecular complexity index is 686. The number of ether oxygens (including phenoxy) is 1. The summed E-state index contributed by atoms with van der Waals surface area (Å²) in [5.74, 6) is -0.0674. The number of nitrogens with one attached hydrogen (secondary N) is 2. The number of amides is 1. The van der Waals surface area contributed by atoms with Gasteiger partial charge in [-0.05, 0) is 39.0 Å². The van der Waals surface area contributed by atoms with Crippen LogP contribution in [-0.4, -0.2) is 41.0 Å².